The standard InChI is InChI=1S/C8H7BrClF2N/c1-4-6(10)2-5(3-9)7(13-4)8(11)12/h2,8H,3H2,1H3. The SMILES string of the molecule is Cc1nc(C(F)F)c(CBr)cc1Cl. The summed E-state index contributed by atoms with van der Waals surface area (Å²) in [5, 5.41) is 0.749. The Kier molecular flexibility index (Phi) is 3.62. The predicted molar refractivity (Wildman–Crippen MR) is 51.6 cm³/mol. The molecule has 1 nitrogen and oxygen atoms in total. The van der Waals surface area contributed by atoms with E-state index >= 15 is 0 Å². The van der Waals surface area contributed by atoms with Crippen LogP contribution in [-0.4, -0.2) is 4.98 Å². The third-order valence-corrected chi connectivity index (χ3v) is 2.60. The van der Waals surface area contributed by atoms with Gasteiger partial charge in [-0.05, 0) is 18.6 Å². The van der Waals surface area contributed by atoms with Gasteiger partial charge in [0.2, 0.25) is 0 Å². The van der Waals surface area contributed by atoms with Crippen molar-refractivity contribution < 1.29 is 8.78 Å². The number of nitrogens with zero attached hydrogens (tertiary/aromatic N) is 1. The zero-order valence-corrected chi connectivity index (χ0v) is 9.16. The highest BCUT2D eigenvalue weighted by Crippen LogP contribution is 2.26. The van der Waals surface area contributed by atoms with E-state index in [0.717, 1.165) is 0 Å². The molecule has 0 aliphatic carbocycles. The van der Waals surface area contributed by atoms with E-state index < -0.39 is 6.43 Å². The van der Waals surface area contributed by atoms with E-state index in [9.17, 15) is 8.78 Å². The average molecular weight is 271 g/mol. The lowest BCUT2D eigenvalue weighted by Crippen LogP contribution is -1.99. The first-order valence-corrected chi connectivity index (χ1v) is 5.06. The van der Waals surface area contributed by atoms with E-state index in [1.54, 1.807) is 6.92 Å². The number of rotatable bonds is 2. The molecule has 0 aromatic carbocycles. The molecule has 0 atom stereocenters. The summed E-state index contributed by atoms with van der Waals surface area (Å²) in [6.45, 7) is 1.60. The Balaban J connectivity index is 3.25. The summed E-state index contributed by atoms with van der Waals surface area (Å²) < 4.78 is 24.8. The van der Waals surface area contributed by atoms with Gasteiger partial charge < -0.3 is 0 Å². The molecule has 0 spiro atoms. The Labute approximate surface area is 88.2 Å². The molecule has 1 aromatic heterocycles. The molecule has 0 saturated heterocycles. The summed E-state index contributed by atoms with van der Waals surface area (Å²) in [4.78, 5) is 3.73. The number of aromatic nitrogens is 1. The van der Waals surface area contributed by atoms with Gasteiger partial charge in [-0.25, -0.2) is 8.78 Å². The molecule has 0 saturated carbocycles. The molecule has 5 heteroatoms. The van der Waals surface area contributed by atoms with Gasteiger partial charge in [0.25, 0.3) is 6.43 Å². The lowest BCUT2D eigenvalue weighted by molar-refractivity contribution is 0.145. The van der Waals surface area contributed by atoms with Gasteiger partial charge in [-0.3, -0.25) is 4.98 Å². The van der Waals surface area contributed by atoms with Crippen LogP contribution < -0.4 is 0 Å². The maximum Gasteiger partial charge on any atom is 0.280 e. The molecule has 1 rings (SSSR count). The minimum absolute atomic E-state index is 0.196. The molecule has 0 aliphatic heterocycles. The molecule has 1 aromatic rings. The minimum Gasteiger partial charge on any atom is -0.250 e. The Morgan fingerprint density at radius 2 is 2.23 bits per heavy atom. The van der Waals surface area contributed by atoms with Crippen molar-refractivity contribution in [1.29, 1.82) is 0 Å². The van der Waals surface area contributed by atoms with Crippen LogP contribution >= 0.6 is 27.5 Å². The van der Waals surface area contributed by atoms with Crippen molar-refractivity contribution in [3.05, 3.63) is 28.0 Å². The molecule has 72 valence electrons. The number of alkyl halides is 3. The van der Waals surface area contributed by atoms with Crippen LogP contribution in [0.4, 0.5) is 8.78 Å². The second kappa shape index (κ2) is 4.33. The van der Waals surface area contributed by atoms with Crippen molar-refractivity contribution >= 4 is 27.5 Å². The maximum absolute atomic E-state index is 12.4. The Hall–Kier alpha value is -0.220. The van der Waals surface area contributed by atoms with Crippen molar-refractivity contribution in [2.24, 2.45) is 0 Å². The monoisotopic (exact) mass is 269 g/mol. The first-order chi connectivity index (χ1) is 6.06. The highest BCUT2D eigenvalue weighted by Gasteiger charge is 2.15. The van der Waals surface area contributed by atoms with Crippen LogP contribution in [0.2, 0.25) is 5.02 Å². The number of aryl methyl sites for hydroxylation is 1. The van der Waals surface area contributed by atoms with E-state index in [1.807, 2.05) is 0 Å². The molecular weight excluding hydrogens is 263 g/mol. The zero-order valence-electron chi connectivity index (χ0n) is 6.82. The first kappa shape index (κ1) is 10.9. The Morgan fingerprint density at radius 1 is 1.62 bits per heavy atom. The summed E-state index contributed by atoms with van der Waals surface area (Å²) >= 11 is 8.84. The van der Waals surface area contributed by atoms with Crippen LogP contribution in [0, 0.1) is 6.92 Å². The van der Waals surface area contributed by atoms with Gasteiger partial charge in [-0.15, -0.1) is 0 Å². The van der Waals surface area contributed by atoms with Gasteiger partial charge in [-0.1, -0.05) is 27.5 Å². The molecule has 13 heavy (non-hydrogen) atoms. The Morgan fingerprint density at radius 3 is 2.69 bits per heavy atom. The number of hydrogen-bond acceptors (Lipinski definition) is 1. The van der Waals surface area contributed by atoms with Gasteiger partial charge in [0, 0.05) is 5.33 Å². The van der Waals surface area contributed by atoms with Crippen molar-refractivity contribution in [3.63, 3.8) is 0 Å². The van der Waals surface area contributed by atoms with Crippen LogP contribution in [0.25, 0.3) is 0 Å². The highest BCUT2D eigenvalue weighted by molar-refractivity contribution is 9.08. The minimum atomic E-state index is -2.55. The molecule has 0 fully saturated rings. The molecule has 1 heterocycles. The van der Waals surface area contributed by atoms with E-state index in [1.165, 1.54) is 6.07 Å². The van der Waals surface area contributed by atoms with Crippen LogP contribution in [0.1, 0.15) is 23.4 Å². The third kappa shape index (κ3) is 2.38. The fourth-order valence-electron chi connectivity index (χ4n) is 0.933. The zero-order chi connectivity index (χ0) is 10.0. The quantitative estimate of drug-likeness (QED) is 0.743. The van der Waals surface area contributed by atoms with Crippen molar-refractivity contribution in [2.75, 3.05) is 0 Å². The van der Waals surface area contributed by atoms with E-state index in [4.69, 9.17) is 11.6 Å². The largest absolute Gasteiger partial charge is 0.280 e. The normalized spacial score (nSPS) is 10.9. The molecule has 0 amide bonds. The molecular formula is C8H7BrClF2N. The average Bonchev–Trinajstić information content (AvgIpc) is 2.08. The van der Waals surface area contributed by atoms with Gasteiger partial charge in [0.05, 0.1) is 10.7 Å². The fourth-order valence-corrected chi connectivity index (χ4v) is 1.56. The fraction of sp³-hybridized carbons (Fsp3) is 0.375. The van der Waals surface area contributed by atoms with Gasteiger partial charge in [0.1, 0.15) is 5.69 Å². The van der Waals surface area contributed by atoms with Crippen molar-refractivity contribution in [1.82, 2.24) is 4.98 Å². The van der Waals surface area contributed by atoms with Crippen LogP contribution in [0.15, 0.2) is 6.07 Å². The summed E-state index contributed by atoms with van der Waals surface area (Å²) in [6, 6.07) is 1.51. The second-order valence-electron chi connectivity index (χ2n) is 2.53. The number of halogens is 4. The van der Waals surface area contributed by atoms with Gasteiger partial charge in [-0.2, -0.15) is 0 Å². The number of hydrogen-bond donors (Lipinski definition) is 0. The van der Waals surface area contributed by atoms with Crippen LogP contribution in [0.5, 0.6) is 0 Å². The van der Waals surface area contributed by atoms with Gasteiger partial charge >= 0.3 is 0 Å². The Bertz CT molecular complexity index is 317. The van der Waals surface area contributed by atoms with Gasteiger partial charge in [0.15, 0.2) is 0 Å². The molecule has 0 bridgehead atoms. The molecule has 0 N–H and O–H groups in total. The summed E-state index contributed by atoms with van der Waals surface area (Å²) in [5.41, 5.74) is 0.672. The lowest BCUT2D eigenvalue weighted by Gasteiger charge is -2.07. The third-order valence-electron chi connectivity index (χ3n) is 1.61. The number of pyridine rings is 1. The molecule has 0 radical (unpaired) electrons. The van der Waals surface area contributed by atoms with E-state index in [-0.39, 0.29) is 5.69 Å². The summed E-state index contributed by atoms with van der Waals surface area (Å²) in [6.07, 6.45) is -2.55. The summed E-state index contributed by atoms with van der Waals surface area (Å²) in [7, 11) is 0. The van der Waals surface area contributed by atoms with E-state index in [2.05, 4.69) is 20.9 Å². The second-order valence-corrected chi connectivity index (χ2v) is 3.50. The first-order valence-electron chi connectivity index (χ1n) is 3.56. The van der Waals surface area contributed by atoms with Crippen molar-refractivity contribution in [3.8, 4) is 0 Å². The lowest BCUT2D eigenvalue weighted by atomic mass is 10.2. The maximum atomic E-state index is 12.4. The smallest absolute Gasteiger partial charge is 0.250 e. The van der Waals surface area contributed by atoms with Crippen molar-refractivity contribution in [2.45, 2.75) is 18.7 Å². The van der Waals surface area contributed by atoms with Crippen LogP contribution in [0.3, 0.4) is 0 Å². The highest BCUT2D eigenvalue weighted by atomic mass is 79.9. The van der Waals surface area contributed by atoms with E-state index in [0.29, 0.717) is 21.6 Å². The van der Waals surface area contributed by atoms with Crippen LogP contribution in [-0.2, 0) is 5.33 Å². The summed E-state index contributed by atoms with van der Waals surface area (Å²) in [5.74, 6) is 0. The molecule has 0 unspecified atom stereocenters. The predicted octanol–water partition coefficient (Wildman–Crippen LogP) is 3.88. The topological polar surface area (TPSA) is 12.9 Å². The molecule has 0 aliphatic rings.